The fourth-order valence-corrected chi connectivity index (χ4v) is 1.60. The van der Waals surface area contributed by atoms with Crippen molar-refractivity contribution >= 4 is 6.29 Å². The van der Waals surface area contributed by atoms with Crippen molar-refractivity contribution in [2.45, 2.75) is 25.5 Å². The predicted octanol–water partition coefficient (Wildman–Crippen LogP) is 0.875. The first-order valence-electron chi connectivity index (χ1n) is 4.48. The van der Waals surface area contributed by atoms with Gasteiger partial charge in [-0.05, 0) is 12.8 Å². The number of aldehydes is 1. The average molecular weight is 180 g/mol. The number of carbonyl (C=O) groups excluding carboxylic acids is 1. The molecule has 1 unspecified atom stereocenters. The van der Waals surface area contributed by atoms with Crippen LogP contribution in [0, 0.1) is 0 Å². The van der Waals surface area contributed by atoms with Gasteiger partial charge in [-0.3, -0.25) is 4.79 Å². The van der Waals surface area contributed by atoms with Crippen LogP contribution >= 0.6 is 0 Å². The fraction of sp³-hybridized carbons (Fsp3) is 0.556. The highest BCUT2D eigenvalue weighted by Gasteiger charge is 2.16. The monoisotopic (exact) mass is 180 g/mol. The Morgan fingerprint density at radius 2 is 2.69 bits per heavy atom. The van der Waals surface area contributed by atoms with Gasteiger partial charge in [0.15, 0.2) is 12.1 Å². The number of ether oxygens (including phenoxy) is 1. The van der Waals surface area contributed by atoms with Crippen molar-refractivity contribution in [3.05, 3.63) is 18.2 Å². The maximum atomic E-state index is 10.5. The van der Waals surface area contributed by atoms with Crippen LogP contribution < -0.4 is 0 Å². The molecule has 1 aliphatic rings. The van der Waals surface area contributed by atoms with Crippen molar-refractivity contribution in [3.8, 4) is 0 Å². The van der Waals surface area contributed by atoms with Crippen molar-refractivity contribution < 1.29 is 9.53 Å². The second kappa shape index (κ2) is 3.70. The van der Waals surface area contributed by atoms with Gasteiger partial charge in [0.05, 0.1) is 12.6 Å². The Hall–Kier alpha value is -1.16. The summed E-state index contributed by atoms with van der Waals surface area (Å²) in [6, 6.07) is 0. The number of hydrogen-bond acceptors (Lipinski definition) is 3. The number of rotatable bonds is 3. The number of hydrogen-bond donors (Lipinski definition) is 0. The van der Waals surface area contributed by atoms with E-state index in [1.807, 2.05) is 10.8 Å². The summed E-state index contributed by atoms with van der Waals surface area (Å²) in [6.07, 6.45) is 6.68. The zero-order valence-electron chi connectivity index (χ0n) is 7.35. The van der Waals surface area contributed by atoms with Crippen LogP contribution in [0.3, 0.4) is 0 Å². The molecule has 13 heavy (non-hydrogen) atoms. The summed E-state index contributed by atoms with van der Waals surface area (Å²) >= 11 is 0. The maximum absolute atomic E-state index is 10.5. The van der Waals surface area contributed by atoms with Gasteiger partial charge in [-0.25, -0.2) is 4.98 Å². The molecule has 0 amide bonds. The van der Waals surface area contributed by atoms with Crippen molar-refractivity contribution in [3.63, 3.8) is 0 Å². The van der Waals surface area contributed by atoms with E-state index in [2.05, 4.69) is 4.98 Å². The smallest absolute Gasteiger partial charge is 0.185 e. The lowest BCUT2D eigenvalue weighted by atomic mass is 10.2. The highest BCUT2D eigenvalue weighted by Crippen LogP contribution is 2.14. The Morgan fingerprint density at radius 1 is 1.77 bits per heavy atom. The highest BCUT2D eigenvalue weighted by molar-refractivity contribution is 5.69. The van der Waals surface area contributed by atoms with Gasteiger partial charge in [0.2, 0.25) is 0 Å². The summed E-state index contributed by atoms with van der Waals surface area (Å²) in [6.45, 7) is 1.59. The van der Waals surface area contributed by atoms with Crippen molar-refractivity contribution in [1.29, 1.82) is 0 Å². The van der Waals surface area contributed by atoms with Crippen LogP contribution in [0.4, 0.5) is 0 Å². The van der Waals surface area contributed by atoms with E-state index < -0.39 is 0 Å². The molecule has 0 aliphatic carbocycles. The van der Waals surface area contributed by atoms with Gasteiger partial charge < -0.3 is 9.30 Å². The van der Waals surface area contributed by atoms with Crippen LogP contribution in [-0.4, -0.2) is 28.5 Å². The normalized spacial score (nSPS) is 22.0. The van der Waals surface area contributed by atoms with Gasteiger partial charge in [0, 0.05) is 19.0 Å². The van der Waals surface area contributed by atoms with E-state index >= 15 is 0 Å². The molecule has 1 aliphatic heterocycles. The molecule has 4 heteroatoms. The van der Waals surface area contributed by atoms with Gasteiger partial charge in [0.1, 0.15) is 0 Å². The van der Waals surface area contributed by atoms with E-state index in [1.54, 1.807) is 6.20 Å². The minimum Gasteiger partial charge on any atom is -0.376 e. The van der Waals surface area contributed by atoms with Gasteiger partial charge in [-0.2, -0.15) is 0 Å². The molecule has 0 radical (unpaired) electrons. The van der Waals surface area contributed by atoms with Gasteiger partial charge >= 0.3 is 0 Å². The van der Waals surface area contributed by atoms with Crippen LogP contribution in [0.5, 0.6) is 0 Å². The molecule has 0 saturated carbocycles. The van der Waals surface area contributed by atoms with Crippen LogP contribution in [0.1, 0.15) is 23.5 Å². The topological polar surface area (TPSA) is 44.1 Å². The molecule has 1 saturated heterocycles. The number of imidazole rings is 1. The van der Waals surface area contributed by atoms with E-state index in [4.69, 9.17) is 4.74 Å². The molecule has 70 valence electrons. The Balaban J connectivity index is 2.03. The van der Waals surface area contributed by atoms with Crippen molar-refractivity contribution in [2.24, 2.45) is 0 Å². The van der Waals surface area contributed by atoms with Gasteiger partial charge in [-0.1, -0.05) is 0 Å². The largest absolute Gasteiger partial charge is 0.376 e. The van der Waals surface area contributed by atoms with Crippen molar-refractivity contribution in [1.82, 2.24) is 9.55 Å². The van der Waals surface area contributed by atoms with E-state index in [1.165, 1.54) is 0 Å². The first kappa shape index (κ1) is 8.44. The Kier molecular flexibility index (Phi) is 2.40. The molecule has 0 spiro atoms. The highest BCUT2D eigenvalue weighted by atomic mass is 16.5. The van der Waals surface area contributed by atoms with E-state index in [0.717, 1.165) is 32.3 Å². The minimum atomic E-state index is 0.257. The first-order valence-corrected chi connectivity index (χ1v) is 4.48. The Labute approximate surface area is 76.5 Å². The third-order valence-corrected chi connectivity index (χ3v) is 2.28. The zero-order valence-corrected chi connectivity index (χ0v) is 7.35. The average Bonchev–Trinajstić information content (AvgIpc) is 2.76. The summed E-state index contributed by atoms with van der Waals surface area (Å²) < 4.78 is 7.30. The molecule has 1 atom stereocenters. The molecule has 0 aromatic carbocycles. The molecule has 0 N–H and O–H groups in total. The van der Waals surface area contributed by atoms with Gasteiger partial charge in [0.25, 0.3) is 0 Å². The molecule has 2 rings (SSSR count). The van der Waals surface area contributed by atoms with E-state index in [0.29, 0.717) is 5.82 Å². The zero-order chi connectivity index (χ0) is 9.10. The molecular formula is C9H12N2O2. The number of carbonyl (C=O) groups is 1. The second-order valence-corrected chi connectivity index (χ2v) is 3.19. The Morgan fingerprint density at radius 3 is 3.38 bits per heavy atom. The van der Waals surface area contributed by atoms with Crippen molar-refractivity contribution in [2.75, 3.05) is 6.61 Å². The lowest BCUT2D eigenvalue weighted by Crippen LogP contribution is -2.16. The lowest BCUT2D eigenvalue weighted by Gasteiger charge is -2.10. The summed E-state index contributed by atoms with van der Waals surface area (Å²) in [5.41, 5.74) is 0. The number of aromatic nitrogens is 2. The molecule has 2 heterocycles. The molecule has 1 aromatic rings. The fourth-order valence-electron chi connectivity index (χ4n) is 1.60. The van der Waals surface area contributed by atoms with Gasteiger partial charge in [-0.15, -0.1) is 0 Å². The third kappa shape index (κ3) is 1.78. The summed E-state index contributed by atoms with van der Waals surface area (Å²) in [7, 11) is 0. The van der Waals surface area contributed by atoms with Crippen LogP contribution in [0.25, 0.3) is 0 Å². The predicted molar refractivity (Wildman–Crippen MR) is 46.6 cm³/mol. The molecule has 0 bridgehead atoms. The lowest BCUT2D eigenvalue weighted by molar-refractivity contribution is 0.0950. The molecular weight excluding hydrogens is 168 g/mol. The minimum absolute atomic E-state index is 0.257. The third-order valence-electron chi connectivity index (χ3n) is 2.28. The van der Waals surface area contributed by atoms with Crippen LogP contribution in [0.15, 0.2) is 12.4 Å². The summed E-state index contributed by atoms with van der Waals surface area (Å²) in [4.78, 5) is 14.5. The Bertz CT molecular complexity index is 290. The molecule has 1 aromatic heterocycles. The van der Waals surface area contributed by atoms with E-state index in [-0.39, 0.29) is 6.10 Å². The standard InChI is InChI=1S/C9H12N2O2/c12-7-9-10-3-4-11(9)6-8-2-1-5-13-8/h3-4,7-8H,1-2,5-6H2. The SMILES string of the molecule is O=Cc1nccn1CC1CCCO1. The first-order chi connectivity index (χ1) is 6.40. The quantitative estimate of drug-likeness (QED) is 0.648. The maximum Gasteiger partial charge on any atom is 0.185 e. The van der Waals surface area contributed by atoms with Crippen LogP contribution in [0.2, 0.25) is 0 Å². The summed E-state index contributed by atoms with van der Waals surface area (Å²) in [5.74, 6) is 0.482. The van der Waals surface area contributed by atoms with E-state index in [9.17, 15) is 4.79 Å². The molecule has 4 nitrogen and oxygen atoms in total. The number of nitrogens with zero attached hydrogens (tertiary/aromatic N) is 2. The summed E-state index contributed by atoms with van der Waals surface area (Å²) in [5, 5.41) is 0. The second-order valence-electron chi connectivity index (χ2n) is 3.19. The molecule has 1 fully saturated rings. The van der Waals surface area contributed by atoms with Crippen LogP contribution in [-0.2, 0) is 11.3 Å².